The second-order valence-electron chi connectivity index (χ2n) is 5.07. The van der Waals surface area contributed by atoms with Gasteiger partial charge in [-0.15, -0.1) is 0 Å². The van der Waals surface area contributed by atoms with Crippen LogP contribution in [-0.2, 0) is 10.2 Å². The maximum atomic E-state index is 12.4. The lowest BCUT2D eigenvalue weighted by atomic mass is 10.0. The van der Waals surface area contributed by atoms with Crippen LogP contribution >= 0.6 is 0 Å². The molecule has 104 valence electrons. The summed E-state index contributed by atoms with van der Waals surface area (Å²) < 4.78 is 27.8. The van der Waals surface area contributed by atoms with Gasteiger partial charge in [-0.3, -0.25) is 0 Å². The van der Waals surface area contributed by atoms with Crippen LogP contribution in [0.3, 0.4) is 0 Å². The summed E-state index contributed by atoms with van der Waals surface area (Å²) in [5.41, 5.74) is 0. The average Bonchev–Trinajstić information content (AvgIpc) is 2.35. The molecule has 5 nitrogen and oxygen atoms in total. The molecule has 0 aromatic rings. The van der Waals surface area contributed by atoms with Gasteiger partial charge in [0.05, 0.1) is 12.0 Å². The highest BCUT2D eigenvalue weighted by atomic mass is 32.2. The zero-order valence-electron chi connectivity index (χ0n) is 11.5. The van der Waals surface area contributed by atoms with E-state index in [0.29, 0.717) is 25.6 Å². The summed E-state index contributed by atoms with van der Waals surface area (Å²) in [4.78, 5) is 0. The first kappa shape index (κ1) is 15.4. The maximum absolute atomic E-state index is 12.4. The molecule has 0 aromatic carbocycles. The smallest absolute Gasteiger partial charge is 0.198 e. The summed E-state index contributed by atoms with van der Waals surface area (Å²) >= 11 is 0. The summed E-state index contributed by atoms with van der Waals surface area (Å²) in [6.45, 7) is 7.60. The summed E-state index contributed by atoms with van der Waals surface area (Å²) in [6.07, 6.45) is 1.84. The Morgan fingerprint density at radius 3 is 2.44 bits per heavy atom. The summed E-state index contributed by atoms with van der Waals surface area (Å²) in [5, 5.41) is 8.80. The molecule has 1 fully saturated rings. The Morgan fingerprint density at radius 2 is 2.00 bits per heavy atom. The SMILES string of the molecule is CCN(CC(C)C#N)S(=O)(=O)N1CCC(C)CC1. The first-order chi connectivity index (χ1) is 8.41. The Morgan fingerprint density at radius 1 is 1.44 bits per heavy atom. The summed E-state index contributed by atoms with van der Waals surface area (Å²) in [7, 11) is -3.39. The lowest BCUT2D eigenvalue weighted by Gasteiger charge is -2.33. The van der Waals surface area contributed by atoms with E-state index in [-0.39, 0.29) is 12.5 Å². The molecule has 1 atom stereocenters. The standard InChI is InChI=1S/C12H23N3O2S/c1-4-14(10-12(3)9-13)18(16,17)15-7-5-11(2)6-8-15/h11-12H,4-8,10H2,1-3H3. The third-order valence-corrected chi connectivity index (χ3v) is 5.52. The molecule has 6 heteroatoms. The number of piperidine rings is 1. The molecule has 0 aliphatic carbocycles. The van der Waals surface area contributed by atoms with Crippen molar-refractivity contribution in [2.24, 2.45) is 11.8 Å². The quantitative estimate of drug-likeness (QED) is 0.761. The minimum atomic E-state index is -3.39. The van der Waals surface area contributed by atoms with E-state index >= 15 is 0 Å². The predicted octanol–water partition coefficient (Wildman–Crippen LogP) is 1.44. The molecule has 1 aliphatic heterocycles. The minimum absolute atomic E-state index is 0.275. The van der Waals surface area contributed by atoms with Crippen molar-refractivity contribution in [1.29, 1.82) is 5.26 Å². The Bertz CT molecular complexity index is 394. The summed E-state index contributed by atoms with van der Waals surface area (Å²) in [5.74, 6) is 0.327. The van der Waals surface area contributed by atoms with Gasteiger partial charge in [0.1, 0.15) is 0 Å². The zero-order chi connectivity index (χ0) is 13.8. The molecule has 18 heavy (non-hydrogen) atoms. The van der Waals surface area contributed by atoms with Crippen LogP contribution < -0.4 is 0 Å². The third-order valence-electron chi connectivity index (χ3n) is 3.45. The molecule has 1 saturated heterocycles. The van der Waals surface area contributed by atoms with E-state index in [9.17, 15) is 8.42 Å². The molecule has 0 saturated carbocycles. The van der Waals surface area contributed by atoms with E-state index in [1.165, 1.54) is 4.31 Å². The monoisotopic (exact) mass is 273 g/mol. The highest BCUT2D eigenvalue weighted by molar-refractivity contribution is 7.86. The van der Waals surface area contributed by atoms with Crippen molar-refractivity contribution < 1.29 is 8.42 Å². The van der Waals surface area contributed by atoms with Crippen molar-refractivity contribution in [3.8, 4) is 6.07 Å². The van der Waals surface area contributed by atoms with Crippen molar-refractivity contribution >= 4 is 10.2 Å². The molecule has 0 aromatic heterocycles. The van der Waals surface area contributed by atoms with Crippen LogP contribution in [0, 0.1) is 23.2 Å². The Labute approximate surface area is 111 Å². The van der Waals surface area contributed by atoms with E-state index < -0.39 is 10.2 Å². The fourth-order valence-electron chi connectivity index (χ4n) is 2.11. The highest BCUT2D eigenvalue weighted by Crippen LogP contribution is 2.21. The van der Waals surface area contributed by atoms with Crippen LogP contribution in [0.5, 0.6) is 0 Å². The van der Waals surface area contributed by atoms with Gasteiger partial charge in [0.2, 0.25) is 0 Å². The summed E-state index contributed by atoms with van der Waals surface area (Å²) in [6, 6.07) is 2.09. The fraction of sp³-hybridized carbons (Fsp3) is 0.917. The average molecular weight is 273 g/mol. The van der Waals surface area contributed by atoms with Gasteiger partial charge in [-0.25, -0.2) is 0 Å². The molecule has 1 rings (SSSR count). The van der Waals surface area contributed by atoms with Crippen molar-refractivity contribution in [3.05, 3.63) is 0 Å². The van der Waals surface area contributed by atoms with Gasteiger partial charge in [-0.2, -0.15) is 22.3 Å². The van der Waals surface area contributed by atoms with Crippen LogP contribution in [0.1, 0.15) is 33.6 Å². The van der Waals surface area contributed by atoms with E-state index in [2.05, 4.69) is 13.0 Å². The zero-order valence-corrected chi connectivity index (χ0v) is 12.3. The molecule has 0 N–H and O–H groups in total. The molecule has 0 amide bonds. The number of hydrogen-bond acceptors (Lipinski definition) is 3. The molecular formula is C12H23N3O2S. The topological polar surface area (TPSA) is 64.4 Å². The molecule has 0 bridgehead atoms. The van der Waals surface area contributed by atoms with Gasteiger partial charge < -0.3 is 0 Å². The van der Waals surface area contributed by atoms with Crippen LogP contribution in [0.4, 0.5) is 0 Å². The number of nitrogens with zero attached hydrogens (tertiary/aromatic N) is 3. The van der Waals surface area contributed by atoms with Crippen molar-refractivity contribution in [1.82, 2.24) is 8.61 Å². The number of nitriles is 1. The Hall–Kier alpha value is -0.640. The van der Waals surface area contributed by atoms with Gasteiger partial charge in [0, 0.05) is 26.2 Å². The van der Waals surface area contributed by atoms with Crippen molar-refractivity contribution in [2.75, 3.05) is 26.2 Å². The predicted molar refractivity (Wildman–Crippen MR) is 70.9 cm³/mol. The molecular weight excluding hydrogens is 250 g/mol. The lowest BCUT2D eigenvalue weighted by molar-refractivity contribution is 0.262. The van der Waals surface area contributed by atoms with Gasteiger partial charge in [-0.1, -0.05) is 13.8 Å². The first-order valence-electron chi connectivity index (χ1n) is 6.56. The molecule has 0 radical (unpaired) electrons. The second kappa shape index (κ2) is 6.50. The molecule has 1 unspecified atom stereocenters. The first-order valence-corrected chi connectivity index (χ1v) is 7.96. The van der Waals surface area contributed by atoms with E-state index in [0.717, 1.165) is 12.8 Å². The van der Waals surface area contributed by atoms with Gasteiger partial charge in [0.15, 0.2) is 0 Å². The largest absolute Gasteiger partial charge is 0.282 e. The Balaban J connectivity index is 2.74. The molecule has 0 spiro atoms. The Kier molecular flexibility index (Phi) is 5.57. The van der Waals surface area contributed by atoms with Crippen LogP contribution in [0.15, 0.2) is 0 Å². The number of hydrogen-bond donors (Lipinski definition) is 0. The second-order valence-corrected chi connectivity index (χ2v) is 7.00. The van der Waals surface area contributed by atoms with E-state index in [1.54, 1.807) is 11.2 Å². The maximum Gasteiger partial charge on any atom is 0.282 e. The van der Waals surface area contributed by atoms with Gasteiger partial charge >= 0.3 is 0 Å². The van der Waals surface area contributed by atoms with Crippen molar-refractivity contribution in [2.45, 2.75) is 33.6 Å². The van der Waals surface area contributed by atoms with Gasteiger partial charge in [0.25, 0.3) is 10.2 Å². The molecule has 1 aliphatic rings. The number of rotatable bonds is 5. The minimum Gasteiger partial charge on any atom is -0.198 e. The fourth-order valence-corrected chi connectivity index (χ4v) is 3.85. The van der Waals surface area contributed by atoms with Crippen LogP contribution in [-0.4, -0.2) is 43.2 Å². The van der Waals surface area contributed by atoms with E-state index in [4.69, 9.17) is 5.26 Å². The lowest BCUT2D eigenvalue weighted by Crippen LogP contribution is -2.48. The highest BCUT2D eigenvalue weighted by Gasteiger charge is 2.31. The normalized spacial score (nSPS) is 20.8. The van der Waals surface area contributed by atoms with Crippen LogP contribution in [0.2, 0.25) is 0 Å². The van der Waals surface area contributed by atoms with Gasteiger partial charge in [-0.05, 0) is 25.7 Å². The third kappa shape index (κ3) is 3.67. The van der Waals surface area contributed by atoms with Crippen LogP contribution in [0.25, 0.3) is 0 Å². The van der Waals surface area contributed by atoms with E-state index in [1.807, 2.05) is 6.92 Å². The molecule has 1 heterocycles. The van der Waals surface area contributed by atoms with Crippen molar-refractivity contribution in [3.63, 3.8) is 0 Å².